The van der Waals surface area contributed by atoms with Crippen LogP contribution in [0.1, 0.15) is 52.0 Å². The Morgan fingerprint density at radius 1 is 1.21 bits per heavy atom. The van der Waals surface area contributed by atoms with Crippen LogP contribution in [0.3, 0.4) is 0 Å². The van der Waals surface area contributed by atoms with Crippen molar-refractivity contribution in [2.24, 2.45) is 5.92 Å². The average Bonchev–Trinajstić information content (AvgIpc) is 3.28. The van der Waals surface area contributed by atoms with E-state index in [2.05, 4.69) is 22.2 Å². The van der Waals surface area contributed by atoms with E-state index in [4.69, 9.17) is 10.5 Å². The highest BCUT2D eigenvalue weighted by molar-refractivity contribution is 5.70. The fraction of sp³-hybridized carbons (Fsp3) is 0.440. The van der Waals surface area contributed by atoms with E-state index in [1.54, 1.807) is 33.8 Å². The largest absolute Gasteiger partial charge is 0.507 e. The predicted octanol–water partition coefficient (Wildman–Crippen LogP) is 4.37. The van der Waals surface area contributed by atoms with E-state index in [-0.39, 0.29) is 23.6 Å². The summed E-state index contributed by atoms with van der Waals surface area (Å²) in [5, 5.41) is 22.9. The van der Waals surface area contributed by atoms with Gasteiger partial charge in [-0.1, -0.05) is 19.1 Å². The van der Waals surface area contributed by atoms with Crippen LogP contribution in [-0.2, 0) is 4.74 Å². The third kappa shape index (κ3) is 5.13. The second kappa shape index (κ2) is 9.32. The molecule has 1 amide bonds. The van der Waals surface area contributed by atoms with E-state index in [0.717, 1.165) is 18.4 Å². The maximum absolute atomic E-state index is 12.4. The lowest BCUT2D eigenvalue weighted by molar-refractivity contribution is 0.0176. The summed E-state index contributed by atoms with van der Waals surface area (Å²) in [4.78, 5) is 14.1. The van der Waals surface area contributed by atoms with Crippen LogP contribution in [0, 0.1) is 5.92 Å². The van der Waals surface area contributed by atoms with E-state index in [9.17, 15) is 9.90 Å². The number of carbonyl (C=O) groups is 1. The van der Waals surface area contributed by atoms with Gasteiger partial charge in [-0.3, -0.25) is 0 Å². The Hall–Kier alpha value is -3.62. The van der Waals surface area contributed by atoms with E-state index in [1.807, 2.05) is 39.2 Å². The first-order valence-electron chi connectivity index (χ1n) is 11.6. The van der Waals surface area contributed by atoms with Crippen molar-refractivity contribution in [3.8, 4) is 22.7 Å². The zero-order valence-electron chi connectivity index (χ0n) is 20.1. The first kappa shape index (κ1) is 23.5. The summed E-state index contributed by atoms with van der Waals surface area (Å²) in [5.41, 5.74) is 8.41. The summed E-state index contributed by atoms with van der Waals surface area (Å²) in [6, 6.07) is 8.74. The number of piperidine rings is 1. The van der Waals surface area contributed by atoms with Gasteiger partial charge in [-0.05, 0) is 69.2 Å². The molecule has 4 rings (SSSR count). The number of aromatic hydroxyl groups is 1. The van der Waals surface area contributed by atoms with E-state index < -0.39 is 5.60 Å². The summed E-state index contributed by atoms with van der Waals surface area (Å²) >= 11 is 0. The molecule has 0 aliphatic carbocycles. The number of anilines is 1. The Labute approximate surface area is 199 Å². The second-order valence-corrected chi connectivity index (χ2v) is 9.83. The van der Waals surface area contributed by atoms with E-state index >= 15 is 0 Å². The molecule has 9 heteroatoms. The number of hydrogen-bond acceptors (Lipinski definition) is 7. The summed E-state index contributed by atoms with van der Waals surface area (Å²) in [6.07, 6.45) is 5.38. The number of nitrogens with zero attached hydrogens (tertiary/aromatic N) is 5. The summed E-state index contributed by atoms with van der Waals surface area (Å²) in [7, 11) is 0. The van der Waals surface area contributed by atoms with Gasteiger partial charge >= 0.3 is 6.09 Å². The quantitative estimate of drug-likeness (QED) is 0.588. The van der Waals surface area contributed by atoms with Gasteiger partial charge in [0.05, 0.1) is 11.9 Å². The monoisotopic (exact) mass is 464 g/mol. The molecule has 3 N–H and O–H groups in total. The number of rotatable bonds is 4. The molecule has 0 saturated carbocycles. The Balaban J connectivity index is 1.46. The van der Waals surface area contributed by atoms with Gasteiger partial charge in [-0.25, -0.2) is 9.48 Å². The lowest BCUT2D eigenvalue weighted by Gasteiger charge is -2.35. The zero-order valence-corrected chi connectivity index (χ0v) is 20.1. The van der Waals surface area contributed by atoms with Crippen LogP contribution in [0.5, 0.6) is 5.75 Å². The van der Waals surface area contributed by atoms with Crippen molar-refractivity contribution in [2.45, 2.75) is 52.1 Å². The van der Waals surface area contributed by atoms with Crippen molar-refractivity contribution >= 4 is 11.9 Å². The number of amides is 1. The van der Waals surface area contributed by atoms with Gasteiger partial charge in [-0.15, -0.1) is 10.2 Å². The molecule has 1 aromatic carbocycles. The van der Waals surface area contributed by atoms with E-state index in [0.29, 0.717) is 36.0 Å². The van der Waals surface area contributed by atoms with Crippen LogP contribution in [0.2, 0.25) is 0 Å². The minimum absolute atomic E-state index is 0.125. The molecule has 0 bridgehead atoms. The minimum atomic E-state index is -0.488. The number of hydrogen-bond donors (Lipinski definition) is 2. The van der Waals surface area contributed by atoms with Crippen LogP contribution in [0.25, 0.3) is 16.9 Å². The zero-order chi connectivity index (χ0) is 24.5. The molecule has 1 saturated heterocycles. The molecule has 1 aliphatic rings. The number of ether oxygens (including phenoxy) is 1. The Bertz CT molecular complexity index is 1160. The molecule has 3 heterocycles. The maximum atomic E-state index is 12.4. The van der Waals surface area contributed by atoms with Crippen molar-refractivity contribution in [2.75, 3.05) is 18.8 Å². The molecular formula is C25H32N6O3. The highest BCUT2D eigenvalue weighted by Crippen LogP contribution is 2.34. The summed E-state index contributed by atoms with van der Waals surface area (Å²) < 4.78 is 7.21. The molecule has 34 heavy (non-hydrogen) atoms. The molecular weight excluding hydrogens is 432 g/mol. The van der Waals surface area contributed by atoms with E-state index in [1.165, 1.54) is 0 Å². The summed E-state index contributed by atoms with van der Waals surface area (Å²) in [6.45, 7) is 9.21. The van der Waals surface area contributed by atoms with Gasteiger partial charge in [0, 0.05) is 24.8 Å². The van der Waals surface area contributed by atoms with Crippen molar-refractivity contribution in [1.82, 2.24) is 24.9 Å². The Kier molecular flexibility index (Phi) is 6.45. The fourth-order valence-corrected chi connectivity index (χ4v) is 4.28. The normalized spacial score (nSPS) is 15.8. The molecule has 1 fully saturated rings. The SMILES string of the molecule is C[C@H](c1cnn(-c2cc(-c3ccccc3O)nnc2N)c1)C1CCN(C(=O)OC(C)(C)C)CC1. The number of nitrogen functional groups attached to an aromatic ring is 1. The maximum Gasteiger partial charge on any atom is 0.410 e. The van der Waals surface area contributed by atoms with Crippen molar-refractivity contribution in [3.63, 3.8) is 0 Å². The molecule has 1 atom stereocenters. The van der Waals surface area contributed by atoms with Crippen molar-refractivity contribution < 1.29 is 14.6 Å². The van der Waals surface area contributed by atoms with Crippen LogP contribution >= 0.6 is 0 Å². The number of phenols is 1. The Morgan fingerprint density at radius 3 is 2.59 bits per heavy atom. The van der Waals surface area contributed by atoms with Crippen LogP contribution in [0.15, 0.2) is 42.7 Å². The summed E-state index contributed by atoms with van der Waals surface area (Å²) in [5.74, 6) is 1.08. The van der Waals surface area contributed by atoms with Gasteiger partial charge in [0.1, 0.15) is 17.0 Å². The number of phenolic OH excluding ortho intramolecular Hbond substituents is 1. The molecule has 0 spiro atoms. The van der Waals surface area contributed by atoms with Crippen LogP contribution in [0.4, 0.5) is 10.6 Å². The lowest BCUT2D eigenvalue weighted by atomic mass is 9.82. The molecule has 9 nitrogen and oxygen atoms in total. The Morgan fingerprint density at radius 2 is 1.91 bits per heavy atom. The fourth-order valence-electron chi connectivity index (χ4n) is 4.28. The molecule has 0 radical (unpaired) electrons. The number of likely N-dealkylation sites (tertiary alicyclic amines) is 1. The van der Waals surface area contributed by atoms with Gasteiger partial charge in [0.15, 0.2) is 5.82 Å². The van der Waals surface area contributed by atoms with Crippen LogP contribution in [-0.4, -0.2) is 54.8 Å². The molecule has 3 aromatic rings. The third-order valence-corrected chi connectivity index (χ3v) is 6.25. The molecule has 0 unspecified atom stereocenters. The van der Waals surface area contributed by atoms with Gasteiger partial charge in [-0.2, -0.15) is 5.10 Å². The highest BCUT2D eigenvalue weighted by Gasteiger charge is 2.30. The first-order chi connectivity index (χ1) is 16.1. The van der Waals surface area contributed by atoms with Gasteiger partial charge in [0.2, 0.25) is 0 Å². The number of nitrogens with two attached hydrogens (primary N) is 1. The number of benzene rings is 1. The predicted molar refractivity (Wildman–Crippen MR) is 130 cm³/mol. The molecule has 2 aromatic heterocycles. The molecule has 1 aliphatic heterocycles. The van der Waals surface area contributed by atoms with Crippen molar-refractivity contribution in [3.05, 3.63) is 48.3 Å². The highest BCUT2D eigenvalue weighted by atomic mass is 16.6. The lowest BCUT2D eigenvalue weighted by Crippen LogP contribution is -2.42. The minimum Gasteiger partial charge on any atom is -0.507 e. The topological polar surface area (TPSA) is 119 Å². The second-order valence-electron chi connectivity index (χ2n) is 9.83. The van der Waals surface area contributed by atoms with Crippen molar-refractivity contribution in [1.29, 1.82) is 0 Å². The first-order valence-corrected chi connectivity index (χ1v) is 11.6. The molecule has 180 valence electrons. The average molecular weight is 465 g/mol. The number of para-hydroxylation sites is 1. The standard InChI is InChI=1S/C25H32N6O3/c1-16(17-9-11-30(12-10-17)24(33)34-25(2,3)4)18-14-27-31(15-18)21-13-20(28-29-23(21)26)19-7-5-6-8-22(19)32/h5-8,13-17,32H,9-12H2,1-4H3,(H2,26,29)/t16-/m0/s1. The van der Waals surface area contributed by atoms with Gasteiger partial charge in [0.25, 0.3) is 0 Å². The number of carbonyl (C=O) groups excluding carboxylic acids is 1. The van der Waals surface area contributed by atoms with Gasteiger partial charge < -0.3 is 20.5 Å². The number of aromatic nitrogens is 4. The smallest absolute Gasteiger partial charge is 0.410 e. The van der Waals surface area contributed by atoms with Crippen LogP contribution < -0.4 is 5.73 Å². The third-order valence-electron chi connectivity index (χ3n) is 6.25.